The molecule has 1 amide bonds. The molecule has 2 aliphatic rings. The summed E-state index contributed by atoms with van der Waals surface area (Å²) in [6.07, 6.45) is 3.66. The quantitative estimate of drug-likeness (QED) is 0.407. The minimum absolute atomic E-state index is 0.0710. The molecule has 3 aromatic rings. The molecule has 2 unspecified atom stereocenters. The van der Waals surface area contributed by atoms with E-state index in [4.69, 9.17) is 21.3 Å². The predicted molar refractivity (Wildman–Crippen MR) is 144 cm³/mol. The Labute approximate surface area is 221 Å². The largest absolute Gasteiger partial charge is 0.376 e. The van der Waals surface area contributed by atoms with Gasteiger partial charge in [-0.2, -0.15) is 4.31 Å². The second-order valence-electron chi connectivity index (χ2n) is 9.72. The number of sulfonamides is 1. The molecule has 7 nitrogen and oxygen atoms in total. The van der Waals surface area contributed by atoms with E-state index in [2.05, 4.69) is 6.92 Å². The van der Waals surface area contributed by atoms with Crippen LogP contribution in [-0.2, 0) is 14.8 Å². The van der Waals surface area contributed by atoms with Crippen molar-refractivity contribution in [1.29, 1.82) is 0 Å². The van der Waals surface area contributed by atoms with Gasteiger partial charge in [0.2, 0.25) is 10.0 Å². The van der Waals surface area contributed by atoms with Crippen LogP contribution in [0.25, 0.3) is 10.2 Å². The van der Waals surface area contributed by atoms with Crippen LogP contribution in [0, 0.1) is 12.8 Å². The molecule has 0 bridgehead atoms. The van der Waals surface area contributed by atoms with Gasteiger partial charge < -0.3 is 4.74 Å². The number of fused-ring (bicyclic) bond motifs is 1. The summed E-state index contributed by atoms with van der Waals surface area (Å²) in [5.41, 5.74) is 2.17. The second kappa shape index (κ2) is 10.4. The number of amides is 1. The first-order valence-corrected chi connectivity index (χ1v) is 15.0. The molecule has 1 aromatic heterocycles. The average molecular weight is 548 g/mol. The maximum absolute atomic E-state index is 13.7. The number of nitrogens with zero attached hydrogens (tertiary/aromatic N) is 3. The summed E-state index contributed by atoms with van der Waals surface area (Å²) in [5, 5.41) is 1.16. The van der Waals surface area contributed by atoms with Gasteiger partial charge in [0.05, 0.1) is 32.8 Å². The van der Waals surface area contributed by atoms with Crippen molar-refractivity contribution in [3.05, 3.63) is 52.5 Å². The van der Waals surface area contributed by atoms with E-state index in [1.54, 1.807) is 21.3 Å². The number of rotatable bonds is 6. The third kappa shape index (κ3) is 5.04. The molecule has 0 N–H and O–H groups in total. The molecule has 2 fully saturated rings. The maximum Gasteiger partial charge on any atom is 0.260 e. The SMILES string of the molecule is Cc1ccc(Cl)c2sc(N(CC3CCCO3)C(=O)c3ccc(S(=O)(=O)N4CCCC(C)C4)cc3)nc12. The summed E-state index contributed by atoms with van der Waals surface area (Å²) in [4.78, 5) is 20.4. The Kier molecular flexibility index (Phi) is 7.38. The molecule has 2 aromatic carbocycles. The van der Waals surface area contributed by atoms with E-state index in [1.807, 2.05) is 19.1 Å². The molecule has 3 heterocycles. The Morgan fingerprint density at radius 3 is 2.64 bits per heavy atom. The minimum atomic E-state index is -3.59. The van der Waals surface area contributed by atoms with Crippen LogP contribution in [0.4, 0.5) is 5.13 Å². The van der Waals surface area contributed by atoms with E-state index < -0.39 is 10.0 Å². The monoisotopic (exact) mass is 547 g/mol. The van der Waals surface area contributed by atoms with Crippen molar-refractivity contribution >= 4 is 54.2 Å². The number of hydrogen-bond acceptors (Lipinski definition) is 6. The molecule has 0 radical (unpaired) electrons. The first kappa shape index (κ1) is 25.6. The Balaban J connectivity index is 1.45. The highest BCUT2D eigenvalue weighted by atomic mass is 35.5. The van der Waals surface area contributed by atoms with Crippen LogP contribution in [-0.4, -0.2) is 56.0 Å². The van der Waals surface area contributed by atoms with E-state index >= 15 is 0 Å². The zero-order chi connectivity index (χ0) is 25.4. The third-order valence-corrected chi connectivity index (χ3v) is 10.3. The van der Waals surface area contributed by atoms with Crippen molar-refractivity contribution in [3.8, 4) is 0 Å². The van der Waals surface area contributed by atoms with Gasteiger partial charge in [0, 0.05) is 25.3 Å². The number of anilines is 1. The average Bonchev–Trinajstić information content (AvgIpc) is 3.55. The number of benzene rings is 2. The molecule has 2 atom stereocenters. The van der Waals surface area contributed by atoms with Gasteiger partial charge in [-0.25, -0.2) is 13.4 Å². The number of carbonyl (C=O) groups excluding carboxylic acids is 1. The fraction of sp³-hybridized carbons (Fsp3) is 0.462. The van der Waals surface area contributed by atoms with E-state index in [0.717, 1.165) is 41.5 Å². The number of hydrogen-bond donors (Lipinski definition) is 0. The summed E-state index contributed by atoms with van der Waals surface area (Å²) < 4.78 is 34.5. The molecule has 10 heteroatoms. The van der Waals surface area contributed by atoms with Crippen molar-refractivity contribution in [2.75, 3.05) is 31.1 Å². The van der Waals surface area contributed by atoms with E-state index in [9.17, 15) is 13.2 Å². The number of aromatic nitrogens is 1. The fourth-order valence-electron chi connectivity index (χ4n) is 4.89. The van der Waals surface area contributed by atoms with Crippen LogP contribution in [0.3, 0.4) is 0 Å². The van der Waals surface area contributed by atoms with Crippen molar-refractivity contribution in [1.82, 2.24) is 9.29 Å². The number of ether oxygens (including phenoxy) is 1. The van der Waals surface area contributed by atoms with Crippen LogP contribution < -0.4 is 4.90 Å². The summed E-state index contributed by atoms with van der Waals surface area (Å²) in [6.45, 7) is 6.15. The van der Waals surface area contributed by atoms with Crippen LogP contribution in [0.2, 0.25) is 5.02 Å². The van der Waals surface area contributed by atoms with Gasteiger partial charge in [-0.15, -0.1) is 0 Å². The highest BCUT2D eigenvalue weighted by Gasteiger charge is 2.30. The Morgan fingerprint density at radius 2 is 1.97 bits per heavy atom. The molecule has 0 spiro atoms. The van der Waals surface area contributed by atoms with Gasteiger partial charge >= 0.3 is 0 Å². The van der Waals surface area contributed by atoms with Gasteiger partial charge in [0.15, 0.2) is 5.13 Å². The third-order valence-electron chi connectivity index (χ3n) is 6.93. The zero-order valence-electron chi connectivity index (χ0n) is 20.4. The van der Waals surface area contributed by atoms with Crippen molar-refractivity contribution in [2.24, 2.45) is 5.92 Å². The first-order chi connectivity index (χ1) is 17.2. The van der Waals surface area contributed by atoms with E-state index in [1.165, 1.54) is 23.5 Å². The number of aryl methyl sites for hydroxylation is 1. The fourth-order valence-corrected chi connectivity index (χ4v) is 7.81. The lowest BCUT2D eigenvalue weighted by molar-refractivity contribution is 0.0917. The van der Waals surface area contributed by atoms with Gasteiger partial charge in [-0.3, -0.25) is 9.69 Å². The van der Waals surface area contributed by atoms with E-state index in [-0.39, 0.29) is 16.9 Å². The highest BCUT2D eigenvalue weighted by Crippen LogP contribution is 2.36. The van der Waals surface area contributed by atoms with Crippen molar-refractivity contribution < 1.29 is 17.9 Å². The second-order valence-corrected chi connectivity index (χ2v) is 13.0. The Hall–Kier alpha value is -2.04. The lowest BCUT2D eigenvalue weighted by atomic mass is 10.0. The lowest BCUT2D eigenvalue weighted by Crippen LogP contribution is -2.39. The molecule has 192 valence electrons. The van der Waals surface area contributed by atoms with Crippen LogP contribution in [0.5, 0.6) is 0 Å². The smallest absolute Gasteiger partial charge is 0.260 e. The Bertz CT molecular complexity index is 1330. The summed E-state index contributed by atoms with van der Waals surface area (Å²) in [5.74, 6) is 0.0977. The van der Waals surface area contributed by atoms with Gasteiger partial charge in [-0.1, -0.05) is 35.9 Å². The molecule has 2 aliphatic heterocycles. The van der Waals surface area contributed by atoms with Gasteiger partial charge in [0.1, 0.15) is 0 Å². The Morgan fingerprint density at radius 1 is 1.19 bits per heavy atom. The predicted octanol–water partition coefficient (Wildman–Crippen LogP) is 5.50. The van der Waals surface area contributed by atoms with E-state index in [0.29, 0.717) is 47.9 Å². The standard InChI is InChI=1S/C26H30ClN3O4S2/c1-17-5-3-13-29(15-17)36(32,33)21-10-8-19(9-11-21)25(31)30(16-20-6-4-14-34-20)26-28-23-18(2)7-12-22(27)24(23)35-26/h7-12,17,20H,3-6,13-16H2,1-2H3. The van der Waals surface area contributed by atoms with Crippen molar-refractivity contribution in [3.63, 3.8) is 0 Å². The highest BCUT2D eigenvalue weighted by molar-refractivity contribution is 7.89. The molecule has 36 heavy (non-hydrogen) atoms. The van der Waals surface area contributed by atoms with Crippen LogP contribution in [0.1, 0.15) is 48.5 Å². The summed E-state index contributed by atoms with van der Waals surface area (Å²) >= 11 is 7.81. The molecule has 2 saturated heterocycles. The van der Waals surface area contributed by atoms with Crippen molar-refractivity contribution in [2.45, 2.75) is 50.5 Å². The zero-order valence-corrected chi connectivity index (χ0v) is 22.8. The number of thiazole rings is 1. The minimum Gasteiger partial charge on any atom is -0.376 e. The van der Waals surface area contributed by atoms with Crippen LogP contribution >= 0.6 is 22.9 Å². The maximum atomic E-state index is 13.7. The van der Waals surface area contributed by atoms with Crippen LogP contribution in [0.15, 0.2) is 41.3 Å². The molecule has 5 rings (SSSR count). The summed E-state index contributed by atoms with van der Waals surface area (Å²) in [6, 6.07) is 10.0. The number of piperidine rings is 1. The molecule has 0 saturated carbocycles. The van der Waals surface area contributed by atoms with Gasteiger partial charge in [0.25, 0.3) is 5.91 Å². The number of halogens is 1. The lowest BCUT2D eigenvalue weighted by Gasteiger charge is -2.30. The molecule has 0 aliphatic carbocycles. The molecular weight excluding hydrogens is 518 g/mol. The van der Waals surface area contributed by atoms with Gasteiger partial charge in [-0.05, 0) is 74.4 Å². The molecular formula is C26H30ClN3O4S2. The normalized spacial score (nSPS) is 21.2. The number of carbonyl (C=O) groups is 1. The first-order valence-electron chi connectivity index (χ1n) is 12.3. The topological polar surface area (TPSA) is 79.8 Å². The summed E-state index contributed by atoms with van der Waals surface area (Å²) in [7, 11) is -3.59.